The topological polar surface area (TPSA) is 67.7 Å². The van der Waals surface area contributed by atoms with Crippen molar-refractivity contribution in [1.29, 1.82) is 0 Å². The molecule has 132 valence electrons. The molecule has 0 saturated carbocycles. The lowest BCUT2D eigenvalue weighted by molar-refractivity contribution is 0.0628. The van der Waals surface area contributed by atoms with Gasteiger partial charge in [0.1, 0.15) is 0 Å². The normalized spacial score (nSPS) is 15.2. The third-order valence-corrected chi connectivity index (χ3v) is 4.41. The van der Waals surface area contributed by atoms with Crippen LogP contribution in [0.5, 0.6) is 5.88 Å². The van der Waals surface area contributed by atoms with Gasteiger partial charge in [0.15, 0.2) is 0 Å². The van der Waals surface area contributed by atoms with Gasteiger partial charge in [-0.2, -0.15) is 0 Å². The van der Waals surface area contributed by atoms with Crippen molar-refractivity contribution in [3.05, 3.63) is 58.1 Å². The fourth-order valence-electron chi connectivity index (χ4n) is 2.92. The Bertz CT molecular complexity index is 793. The molecule has 2 aromatic heterocycles. The summed E-state index contributed by atoms with van der Waals surface area (Å²) in [6.45, 7) is 3.74. The fourth-order valence-corrected chi connectivity index (χ4v) is 2.92. The number of carbonyl (C=O) groups excluding carboxylic acids is 1. The van der Waals surface area contributed by atoms with Crippen molar-refractivity contribution in [2.24, 2.45) is 7.05 Å². The number of rotatable bonds is 4. The highest BCUT2D eigenvalue weighted by Crippen LogP contribution is 2.12. The number of hydrogen-bond acceptors (Lipinski definition) is 5. The van der Waals surface area contributed by atoms with E-state index in [4.69, 9.17) is 4.74 Å². The van der Waals surface area contributed by atoms with Gasteiger partial charge in [-0.3, -0.25) is 14.5 Å². The van der Waals surface area contributed by atoms with E-state index in [0.717, 1.165) is 25.2 Å². The van der Waals surface area contributed by atoms with E-state index in [0.29, 0.717) is 24.5 Å². The first-order valence-corrected chi connectivity index (χ1v) is 8.24. The maximum absolute atomic E-state index is 12.5. The zero-order valence-corrected chi connectivity index (χ0v) is 14.5. The van der Waals surface area contributed by atoms with Crippen molar-refractivity contribution < 1.29 is 9.53 Å². The largest absolute Gasteiger partial charge is 0.481 e. The molecule has 0 aromatic carbocycles. The summed E-state index contributed by atoms with van der Waals surface area (Å²) in [5.41, 5.74) is 1.67. The van der Waals surface area contributed by atoms with Crippen molar-refractivity contribution in [1.82, 2.24) is 19.4 Å². The summed E-state index contributed by atoms with van der Waals surface area (Å²) in [5, 5.41) is 0. The molecule has 1 aliphatic rings. The molecule has 0 unspecified atom stereocenters. The number of ether oxygens (including phenoxy) is 1. The molecule has 1 amide bonds. The van der Waals surface area contributed by atoms with Crippen LogP contribution >= 0.6 is 0 Å². The van der Waals surface area contributed by atoms with Crippen molar-refractivity contribution in [2.75, 3.05) is 33.3 Å². The summed E-state index contributed by atoms with van der Waals surface area (Å²) in [4.78, 5) is 32.2. The highest BCUT2D eigenvalue weighted by molar-refractivity contribution is 5.94. The first kappa shape index (κ1) is 17.2. The molecule has 0 atom stereocenters. The lowest BCUT2D eigenvalue weighted by Crippen LogP contribution is -2.48. The molecule has 1 saturated heterocycles. The quantitative estimate of drug-likeness (QED) is 0.820. The third-order valence-electron chi connectivity index (χ3n) is 4.41. The van der Waals surface area contributed by atoms with Gasteiger partial charge in [0.05, 0.1) is 12.7 Å². The van der Waals surface area contributed by atoms with Gasteiger partial charge in [-0.1, -0.05) is 6.07 Å². The van der Waals surface area contributed by atoms with Crippen molar-refractivity contribution in [3.63, 3.8) is 0 Å². The van der Waals surface area contributed by atoms with Crippen LogP contribution in [0.15, 0.2) is 41.5 Å². The van der Waals surface area contributed by atoms with Crippen LogP contribution in [0.2, 0.25) is 0 Å². The number of carbonyl (C=O) groups is 1. The average molecular weight is 342 g/mol. The summed E-state index contributed by atoms with van der Waals surface area (Å²) < 4.78 is 6.61. The summed E-state index contributed by atoms with van der Waals surface area (Å²) in [5.74, 6) is 0.496. The molecular formula is C18H22N4O3. The van der Waals surface area contributed by atoms with Gasteiger partial charge in [0.25, 0.3) is 5.91 Å². The predicted molar refractivity (Wildman–Crippen MR) is 93.7 cm³/mol. The number of aromatic nitrogens is 2. The predicted octanol–water partition coefficient (Wildman–Crippen LogP) is 0.747. The van der Waals surface area contributed by atoms with Crippen LogP contribution in [0, 0.1) is 0 Å². The second-order valence-electron chi connectivity index (χ2n) is 6.14. The van der Waals surface area contributed by atoms with Gasteiger partial charge in [-0.25, -0.2) is 4.98 Å². The molecule has 1 fully saturated rings. The summed E-state index contributed by atoms with van der Waals surface area (Å²) in [6.07, 6.45) is 3.42. The maximum atomic E-state index is 12.5. The van der Waals surface area contributed by atoms with Gasteiger partial charge < -0.3 is 14.2 Å². The highest BCUT2D eigenvalue weighted by atomic mass is 16.5. The minimum atomic E-state index is -0.00716. The smallest absolute Gasteiger partial charge is 0.255 e. The molecule has 0 bridgehead atoms. The molecule has 25 heavy (non-hydrogen) atoms. The van der Waals surface area contributed by atoms with Crippen molar-refractivity contribution >= 4 is 5.91 Å². The number of nitrogens with zero attached hydrogens (tertiary/aromatic N) is 4. The number of aryl methyl sites for hydroxylation is 1. The van der Waals surface area contributed by atoms with Crippen molar-refractivity contribution in [2.45, 2.75) is 6.54 Å². The van der Waals surface area contributed by atoms with Gasteiger partial charge >= 0.3 is 0 Å². The van der Waals surface area contributed by atoms with Gasteiger partial charge in [-0.15, -0.1) is 0 Å². The Hall–Kier alpha value is -2.67. The number of amides is 1. The Balaban J connectivity index is 1.56. The van der Waals surface area contributed by atoms with Gasteiger partial charge in [-0.05, 0) is 11.6 Å². The summed E-state index contributed by atoms with van der Waals surface area (Å²) in [7, 11) is 3.30. The molecule has 1 aliphatic heterocycles. The zero-order chi connectivity index (χ0) is 17.8. The van der Waals surface area contributed by atoms with E-state index in [2.05, 4.69) is 9.88 Å². The lowest BCUT2D eigenvalue weighted by atomic mass is 10.2. The zero-order valence-electron chi connectivity index (χ0n) is 14.5. The second-order valence-corrected chi connectivity index (χ2v) is 6.14. The minimum absolute atomic E-state index is 0.00286. The Morgan fingerprint density at radius 3 is 2.52 bits per heavy atom. The van der Waals surface area contributed by atoms with Crippen molar-refractivity contribution in [3.8, 4) is 5.88 Å². The Kier molecular flexibility index (Phi) is 5.14. The van der Waals surface area contributed by atoms with Crippen LogP contribution in [0.25, 0.3) is 0 Å². The first-order chi connectivity index (χ1) is 12.1. The van der Waals surface area contributed by atoms with Crippen LogP contribution in [0.4, 0.5) is 0 Å². The Labute approximate surface area is 146 Å². The summed E-state index contributed by atoms with van der Waals surface area (Å²) >= 11 is 0. The van der Waals surface area contributed by atoms with E-state index < -0.39 is 0 Å². The van der Waals surface area contributed by atoms with E-state index in [-0.39, 0.29) is 11.5 Å². The third kappa shape index (κ3) is 4.06. The Morgan fingerprint density at radius 2 is 1.92 bits per heavy atom. The molecule has 0 aliphatic carbocycles. The standard InChI is InChI=1S/C18H22N4O3/c1-20-12-14(3-6-17(20)23)13-21-7-9-22(10-8-21)18(24)15-4-5-16(25-2)19-11-15/h3-6,11-12H,7-10,13H2,1-2H3. The number of piperazine rings is 1. The summed E-state index contributed by atoms with van der Waals surface area (Å²) in [6, 6.07) is 6.89. The Morgan fingerprint density at radius 1 is 1.16 bits per heavy atom. The molecule has 3 rings (SSSR count). The molecule has 2 aromatic rings. The first-order valence-electron chi connectivity index (χ1n) is 8.24. The van der Waals surface area contributed by atoms with E-state index in [9.17, 15) is 9.59 Å². The fraction of sp³-hybridized carbons (Fsp3) is 0.389. The number of pyridine rings is 2. The molecule has 7 heteroatoms. The monoisotopic (exact) mass is 342 g/mol. The van der Waals surface area contributed by atoms with E-state index >= 15 is 0 Å². The van der Waals surface area contributed by atoms with E-state index in [1.54, 1.807) is 43.1 Å². The maximum Gasteiger partial charge on any atom is 0.255 e. The molecule has 0 N–H and O–H groups in total. The van der Waals surface area contributed by atoms with E-state index in [1.807, 2.05) is 17.2 Å². The molecule has 0 spiro atoms. The van der Waals surface area contributed by atoms with Crippen LogP contribution in [-0.2, 0) is 13.6 Å². The molecule has 0 radical (unpaired) electrons. The van der Waals surface area contributed by atoms with Crippen LogP contribution in [-0.4, -0.2) is 58.5 Å². The van der Waals surface area contributed by atoms with E-state index in [1.165, 1.54) is 0 Å². The van der Waals surface area contributed by atoms with Gasteiger partial charge in [0, 0.05) is 64.3 Å². The number of hydrogen-bond donors (Lipinski definition) is 0. The SMILES string of the molecule is COc1ccc(C(=O)N2CCN(Cc3ccc(=O)n(C)c3)CC2)cn1. The molecule has 7 nitrogen and oxygen atoms in total. The minimum Gasteiger partial charge on any atom is -0.481 e. The van der Waals surface area contributed by atoms with Crippen LogP contribution in [0.3, 0.4) is 0 Å². The van der Waals surface area contributed by atoms with Gasteiger partial charge in [0.2, 0.25) is 11.4 Å². The lowest BCUT2D eigenvalue weighted by Gasteiger charge is -2.34. The van der Waals surface area contributed by atoms with Crippen LogP contribution < -0.4 is 10.3 Å². The molecular weight excluding hydrogens is 320 g/mol. The molecule has 3 heterocycles. The highest BCUT2D eigenvalue weighted by Gasteiger charge is 2.22. The second kappa shape index (κ2) is 7.48. The number of methoxy groups -OCH3 is 1. The average Bonchev–Trinajstić information content (AvgIpc) is 2.65. The van der Waals surface area contributed by atoms with Crippen LogP contribution in [0.1, 0.15) is 15.9 Å².